The molecule has 0 aliphatic carbocycles. The molecule has 0 amide bonds. The van der Waals surface area contributed by atoms with E-state index in [1.165, 1.54) is 0 Å². The van der Waals surface area contributed by atoms with Gasteiger partial charge in [0, 0.05) is 16.5 Å². The zero-order chi connectivity index (χ0) is 12.0. The second kappa shape index (κ2) is 6.92. The van der Waals surface area contributed by atoms with Crippen LogP contribution in [0.3, 0.4) is 0 Å². The molecule has 90 valence electrons. The predicted molar refractivity (Wildman–Crippen MR) is 69.5 cm³/mol. The summed E-state index contributed by atoms with van der Waals surface area (Å²) >= 11 is 1.74. The topological polar surface area (TPSA) is 12.0 Å². The van der Waals surface area contributed by atoms with Crippen molar-refractivity contribution < 1.29 is 4.39 Å². The molecule has 1 atom stereocenters. The van der Waals surface area contributed by atoms with E-state index in [1.54, 1.807) is 23.9 Å². The Labute approximate surface area is 102 Å². The SMILES string of the molecule is CCCSc1cccc(F)c1C(C)NCC. The molecule has 1 nitrogen and oxygen atoms in total. The van der Waals surface area contributed by atoms with Crippen molar-refractivity contribution in [2.75, 3.05) is 12.3 Å². The summed E-state index contributed by atoms with van der Waals surface area (Å²) in [6.07, 6.45) is 1.11. The second-order valence-corrected chi connectivity index (χ2v) is 4.92. The Morgan fingerprint density at radius 3 is 2.75 bits per heavy atom. The third kappa shape index (κ3) is 3.49. The Hall–Kier alpha value is -0.540. The molecule has 0 bridgehead atoms. The molecular weight excluding hydrogens is 221 g/mol. The lowest BCUT2D eigenvalue weighted by atomic mass is 10.1. The van der Waals surface area contributed by atoms with E-state index in [2.05, 4.69) is 12.2 Å². The van der Waals surface area contributed by atoms with Crippen LogP contribution in [0.5, 0.6) is 0 Å². The van der Waals surface area contributed by atoms with Crippen molar-refractivity contribution in [3.63, 3.8) is 0 Å². The van der Waals surface area contributed by atoms with Gasteiger partial charge >= 0.3 is 0 Å². The Bertz CT molecular complexity index is 328. The van der Waals surface area contributed by atoms with Gasteiger partial charge in [-0.05, 0) is 37.8 Å². The van der Waals surface area contributed by atoms with Crippen LogP contribution in [0.15, 0.2) is 23.1 Å². The van der Waals surface area contributed by atoms with E-state index >= 15 is 0 Å². The number of rotatable bonds is 6. The zero-order valence-corrected chi connectivity index (χ0v) is 11.0. The Balaban J connectivity index is 2.93. The molecule has 0 aliphatic heterocycles. The van der Waals surface area contributed by atoms with Gasteiger partial charge in [0.05, 0.1) is 0 Å². The first-order chi connectivity index (χ1) is 7.70. The molecule has 0 saturated heterocycles. The van der Waals surface area contributed by atoms with Crippen molar-refractivity contribution in [1.82, 2.24) is 5.32 Å². The average Bonchev–Trinajstić information content (AvgIpc) is 2.26. The number of hydrogen-bond acceptors (Lipinski definition) is 2. The first-order valence-electron chi connectivity index (χ1n) is 5.85. The minimum atomic E-state index is -0.102. The molecule has 0 fully saturated rings. The van der Waals surface area contributed by atoms with Crippen molar-refractivity contribution in [3.05, 3.63) is 29.6 Å². The number of nitrogens with one attached hydrogen (secondary N) is 1. The molecular formula is C13H20FNS. The number of thioether (sulfide) groups is 1. The highest BCUT2D eigenvalue weighted by atomic mass is 32.2. The third-order valence-electron chi connectivity index (χ3n) is 2.42. The van der Waals surface area contributed by atoms with Crippen LogP contribution < -0.4 is 5.32 Å². The summed E-state index contributed by atoms with van der Waals surface area (Å²) in [6.45, 7) is 7.04. The Kier molecular flexibility index (Phi) is 5.85. The van der Waals surface area contributed by atoms with Gasteiger partial charge in [0.2, 0.25) is 0 Å². The lowest BCUT2D eigenvalue weighted by Crippen LogP contribution is -2.19. The maximum Gasteiger partial charge on any atom is 0.129 e. The van der Waals surface area contributed by atoms with Crippen molar-refractivity contribution in [2.24, 2.45) is 0 Å². The predicted octanol–water partition coefficient (Wildman–Crippen LogP) is 4.00. The fourth-order valence-electron chi connectivity index (χ4n) is 1.68. The zero-order valence-electron chi connectivity index (χ0n) is 10.2. The van der Waals surface area contributed by atoms with E-state index in [1.807, 2.05) is 19.9 Å². The summed E-state index contributed by atoms with van der Waals surface area (Å²) in [4.78, 5) is 1.07. The van der Waals surface area contributed by atoms with Gasteiger partial charge in [-0.1, -0.05) is 19.9 Å². The fourth-order valence-corrected chi connectivity index (χ4v) is 2.71. The molecule has 0 radical (unpaired) electrons. The second-order valence-electron chi connectivity index (χ2n) is 3.78. The Morgan fingerprint density at radius 1 is 1.38 bits per heavy atom. The molecule has 1 unspecified atom stereocenters. The molecule has 16 heavy (non-hydrogen) atoms. The summed E-state index contributed by atoms with van der Waals surface area (Å²) < 4.78 is 13.8. The van der Waals surface area contributed by atoms with Crippen LogP contribution in [-0.2, 0) is 0 Å². The third-order valence-corrected chi connectivity index (χ3v) is 3.70. The van der Waals surface area contributed by atoms with Crippen LogP contribution in [0.4, 0.5) is 4.39 Å². The quantitative estimate of drug-likeness (QED) is 0.756. The van der Waals surface area contributed by atoms with Gasteiger partial charge in [-0.2, -0.15) is 0 Å². The van der Waals surface area contributed by atoms with Crippen molar-refractivity contribution in [1.29, 1.82) is 0 Å². The number of hydrogen-bond donors (Lipinski definition) is 1. The van der Waals surface area contributed by atoms with E-state index in [0.717, 1.165) is 29.2 Å². The van der Waals surface area contributed by atoms with Gasteiger partial charge in [-0.15, -0.1) is 11.8 Å². The van der Waals surface area contributed by atoms with E-state index < -0.39 is 0 Å². The van der Waals surface area contributed by atoms with Crippen LogP contribution in [0.25, 0.3) is 0 Å². The smallest absolute Gasteiger partial charge is 0.129 e. The first-order valence-corrected chi connectivity index (χ1v) is 6.83. The minimum absolute atomic E-state index is 0.0746. The molecule has 0 aliphatic rings. The van der Waals surface area contributed by atoms with E-state index in [9.17, 15) is 4.39 Å². The molecule has 0 saturated carbocycles. The van der Waals surface area contributed by atoms with Gasteiger partial charge in [-0.3, -0.25) is 0 Å². The van der Waals surface area contributed by atoms with Crippen LogP contribution in [0, 0.1) is 5.82 Å². The summed E-state index contributed by atoms with van der Waals surface area (Å²) in [6, 6.07) is 5.41. The lowest BCUT2D eigenvalue weighted by molar-refractivity contribution is 0.531. The van der Waals surface area contributed by atoms with E-state index in [0.29, 0.717) is 0 Å². The summed E-state index contributed by atoms with van der Waals surface area (Å²) in [5.41, 5.74) is 0.808. The van der Waals surface area contributed by atoms with Crippen LogP contribution in [0.1, 0.15) is 38.8 Å². The fraction of sp³-hybridized carbons (Fsp3) is 0.538. The summed E-state index contributed by atoms with van der Waals surface area (Å²) in [7, 11) is 0. The first kappa shape index (κ1) is 13.5. The van der Waals surface area contributed by atoms with Crippen LogP contribution in [0.2, 0.25) is 0 Å². The highest BCUT2D eigenvalue weighted by Gasteiger charge is 2.14. The highest BCUT2D eigenvalue weighted by Crippen LogP contribution is 2.30. The molecule has 1 rings (SSSR count). The average molecular weight is 241 g/mol. The standard InChI is InChI=1S/C13H20FNS/c1-4-9-16-12-8-6-7-11(14)13(12)10(3)15-5-2/h6-8,10,15H,4-5,9H2,1-3H3. The van der Waals surface area contributed by atoms with Crippen LogP contribution in [-0.4, -0.2) is 12.3 Å². The molecule has 1 aromatic rings. The molecule has 0 aromatic heterocycles. The Morgan fingerprint density at radius 2 is 2.12 bits per heavy atom. The molecule has 0 heterocycles. The number of halogens is 1. The maximum atomic E-state index is 13.8. The van der Waals surface area contributed by atoms with Gasteiger partial charge in [-0.25, -0.2) is 4.39 Å². The van der Waals surface area contributed by atoms with Gasteiger partial charge in [0.15, 0.2) is 0 Å². The van der Waals surface area contributed by atoms with Gasteiger partial charge in [0.25, 0.3) is 0 Å². The van der Waals surface area contributed by atoms with E-state index in [-0.39, 0.29) is 11.9 Å². The molecule has 3 heteroatoms. The minimum Gasteiger partial charge on any atom is -0.310 e. The van der Waals surface area contributed by atoms with Crippen molar-refractivity contribution in [3.8, 4) is 0 Å². The normalized spacial score (nSPS) is 12.8. The molecule has 1 aromatic carbocycles. The van der Waals surface area contributed by atoms with Crippen molar-refractivity contribution >= 4 is 11.8 Å². The summed E-state index contributed by atoms with van der Waals surface area (Å²) in [5, 5.41) is 3.27. The molecule has 0 spiro atoms. The lowest BCUT2D eigenvalue weighted by Gasteiger charge is -2.17. The largest absolute Gasteiger partial charge is 0.310 e. The monoisotopic (exact) mass is 241 g/mol. The highest BCUT2D eigenvalue weighted by molar-refractivity contribution is 7.99. The van der Waals surface area contributed by atoms with E-state index in [4.69, 9.17) is 0 Å². The van der Waals surface area contributed by atoms with Crippen LogP contribution >= 0.6 is 11.8 Å². The van der Waals surface area contributed by atoms with Crippen molar-refractivity contribution in [2.45, 2.75) is 38.1 Å². The van der Waals surface area contributed by atoms with Gasteiger partial charge < -0.3 is 5.32 Å². The number of benzene rings is 1. The van der Waals surface area contributed by atoms with Gasteiger partial charge in [0.1, 0.15) is 5.82 Å². The molecule has 1 N–H and O–H groups in total. The summed E-state index contributed by atoms with van der Waals surface area (Å²) in [5.74, 6) is 0.935. The maximum absolute atomic E-state index is 13.8.